The molecular weight excluding hydrogens is 196 g/mol. The van der Waals surface area contributed by atoms with Crippen LogP contribution in [0.4, 0.5) is 0 Å². The number of carboxylic acid groups (broad SMARTS) is 1. The summed E-state index contributed by atoms with van der Waals surface area (Å²) in [7, 11) is -3.18. The van der Waals surface area contributed by atoms with Crippen molar-refractivity contribution >= 4 is 16.0 Å². The second-order valence-corrected chi connectivity index (χ2v) is 4.59. The zero-order valence-electron chi connectivity index (χ0n) is 7.36. The van der Waals surface area contributed by atoms with E-state index in [1.807, 2.05) is 0 Å². The van der Waals surface area contributed by atoms with Crippen molar-refractivity contribution in [2.75, 3.05) is 12.8 Å². The number of sulfonamides is 1. The first kappa shape index (κ1) is 12.3. The maximum absolute atomic E-state index is 10.6. The van der Waals surface area contributed by atoms with Crippen LogP contribution in [0.5, 0.6) is 0 Å². The molecule has 7 heteroatoms. The Kier molecular flexibility index (Phi) is 4.89. The first-order valence-electron chi connectivity index (χ1n) is 3.76. The van der Waals surface area contributed by atoms with Crippen LogP contribution in [0.2, 0.25) is 0 Å². The lowest BCUT2D eigenvalue weighted by Gasteiger charge is -2.05. The van der Waals surface area contributed by atoms with Crippen LogP contribution in [-0.2, 0) is 14.8 Å². The number of rotatable bonds is 6. The van der Waals surface area contributed by atoms with E-state index in [0.29, 0.717) is 6.42 Å². The van der Waals surface area contributed by atoms with Crippen molar-refractivity contribution in [2.24, 2.45) is 5.73 Å². The van der Waals surface area contributed by atoms with Crippen LogP contribution < -0.4 is 10.5 Å². The average Bonchev–Trinajstić information content (AvgIpc) is 1.95. The highest BCUT2D eigenvalue weighted by atomic mass is 32.2. The van der Waals surface area contributed by atoms with Gasteiger partial charge in [0.15, 0.2) is 0 Å². The standard InChI is InChI=1S/C6H14N2O4S/c1-13(11,12)8-4-2-3-5(7)6(9)10/h5,8H,2-4,7H2,1H3,(H,9,10)/t5-/m0/s1. The summed E-state index contributed by atoms with van der Waals surface area (Å²) in [6.45, 7) is 0.222. The molecule has 0 amide bonds. The molecule has 0 rings (SSSR count). The minimum Gasteiger partial charge on any atom is -0.480 e. The van der Waals surface area contributed by atoms with Gasteiger partial charge in [0, 0.05) is 6.54 Å². The fraction of sp³-hybridized carbons (Fsp3) is 0.833. The summed E-state index contributed by atoms with van der Waals surface area (Å²) < 4.78 is 23.3. The largest absolute Gasteiger partial charge is 0.480 e. The molecule has 0 aromatic carbocycles. The Morgan fingerprint density at radius 3 is 2.54 bits per heavy atom. The van der Waals surface area contributed by atoms with Crippen LogP contribution in [0, 0.1) is 0 Å². The lowest BCUT2D eigenvalue weighted by molar-refractivity contribution is -0.138. The summed E-state index contributed by atoms with van der Waals surface area (Å²) in [5.74, 6) is -1.07. The zero-order chi connectivity index (χ0) is 10.5. The topological polar surface area (TPSA) is 109 Å². The van der Waals surface area contributed by atoms with Crippen molar-refractivity contribution < 1.29 is 18.3 Å². The number of hydrogen-bond donors (Lipinski definition) is 3. The van der Waals surface area contributed by atoms with E-state index >= 15 is 0 Å². The van der Waals surface area contributed by atoms with Gasteiger partial charge >= 0.3 is 5.97 Å². The van der Waals surface area contributed by atoms with Crippen LogP contribution in [-0.4, -0.2) is 38.3 Å². The van der Waals surface area contributed by atoms with Gasteiger partial charge in [-0.05, 0) is 12.8 Å². The summed E-state index contributed by atoms with van der Waals surface area (Å²) in [6, 6.07) is -0.915. The second kappa shape index (κ2) is 5.15. The molecule has 1 atom stereocenters. The fourth-order valence-electron chi connectivity index (χ4n) is 0.703. The third-order valence-corrected chi connectivity index (χ3v) is 2.10. The molecule has 0 aromatic rings. The van der Waals surface area contributed by atoms with E-state index in [4.69, 9.17) is 10.8 Å². The highest BCUT2D eigenvalue weighted by Crippen LogP contribution is 1.93. The van der Waals surface area contributed by atoms with Gasteiger partial charge in [0.25, 0.3) is 0 Å². The Morgan fingerprint density at radius 1 is 1.62 bits per heavy atom. The van der Waals surface area contributed by atoms with Gasteiger partial charge in [0.05, 0.1) is 6.26 Å². The van der Waals surface area contributed by atoms with Crippen LogP contribution in [0.15, 0.2) is 0 Å². The third kappa shape index (κ3) is 7.69. The predicted molar refractivity (Wildman–Crippen MR) is 47.7 cm³/mol. The smallest absolute Gasteiger partial charge is 0.320 e. The molecule has 0 aliphatic rings. The van der Waals surface area contributed by atoms with Crippen molar-refractivity contribution in [3.63, 3.8) is 0 Å². The van der Waals surface area contributed by atoms with Crippen molar-refractivity contribution in [3.05, 3.63) is 0 Å². The van der Waals surface area contributed by atoms with Gasteiger partial charge in [-0.3, -0.25) is 4.79 Å². The molecule has 6 nitrogen and oxygen atoms in total. The molecule has 0 saturated carbocycles. The first-order valence-corrected chi connectivity index (χ1v) is 5.65. The molecule has 0 aromatic heterocycles. The third-order valence-electron chi connectivity index (χ3n) is 1.37. The summed E-state index contributed by atoms with van der Waals surface area (Å²) >= 11 is 0. The quantitative estimate of drug-likeness (QED) is 0.473. The number of nitrogens with two attached hydrogens (primary N) is 1. The molecule has 0 heterocycles. The molecule has 13 heavy (non-hydrogen) atoms. The number of hydrogen-bond acceptors (Lipinski definition) is 4. The Hall–Kier alpha value is -0.660. The number of nitrogens with one attached hydrogen (secondary N) is 1. The van der Waals surface area contributed by atoms with Crippen molar-refractivity contribution in [2.45, 2.75) is 18.9 Å². The van der Waals surface area contributed by atoms with Crippen molar-refractivity contribution in [3.8, 4) is 0 Å². The molecule has 0 fully saturated rings. The molecule has 0 aliphatic carbocycles. The predicted octanol–water partition coefficient (Wildman–Crippen LogP) is -1.27. The summed E-state index contributed by atoms with van der Waals surface area (Å²) in [4.78, 5) is 10.2. The zero-order valence-corrected chi connectivity index (χ0v) is 8.17. The Morgan fingerprint density at radius 2 is 2.15 bits per heavy atom. The van der Waals surface area contributed by atoms with E-state index in [1.165, 1.54) is 0 Å². The van der Waals surface area contributed by atoms with Gasteiger partial charge in [0.1, 0.15) is 6.04 Å². The SMILES string of the molecule is CS(=O)(=O)NCCC[C@H](N)C(=O)O. The van der Waals surface area contributed by atoms with E-state index < -0.39 is 22.0 Å². The van der Waals surface area contributed by atoms with Crippen molar-refractivity contribution in [1.29, 1.82) is 0 Å². The van der Waals surface area contributed by atoms with Crippen LogP contribution >= 0.6 is 0 Å². The minimum atomic E-state index is -3.18. The number of aliphatic carboxylic acids is 1. The molecule has 0 saturated heterocycles. The first-order chi connectivity index (χ1) is 5.83. The average molecular weight is 210 g/mol. The molecular formula is C6H14N2O4S. The maximum Gasteiger partial charge on any atom is 0.320 e. The molecule has 0 aliphatic heterocycles. The van der Waals surface area contributed by atoms with E-state index in [1.54, 1.807) is 0 Å². The van der Waals surface area contributed by atoms with Gasteiger partial charge in [-0.2, -0.15) is 0 Å². The summed E-state index contributed by atoms with van der Waals surface area (Å²) in [5, 5.41) is 8.38. The molecule has 0 unspecified atom stereocenters. The highest BCUT2D eigenvalue weighted by Gasteiger charge is 2.10. The monoisotopic (exact) mass is 210 g/mol. The van der Waals surface area contributed by atoms with Gasteiger partial charge < -0.3 is 10.8 Å². The Bertz CT molecular complexity index is 262. The molecule has 78 valence electrons. The van der Waals surface area contributed by atoms with Gasteiger partial charge in [-0.25, -0.2) is 13.1 Å². The molecule has 4 N–H and O–H groups in total. The molecule has 0 radical (unpaired) electrons. The Labute approximate surface area is 77.2 Å². The Balaban J connectivity index is 3.53. The van der Waals surface area contributed by atoms with E-state index in [0.717, 1.165) is 6.26 Å². The van der Waals surface area contributed by atoms with E-state index in [2.05, 4.69) is 4.72 Å². The van der Waals surface area contributed by atoms with Crippen LogP contribution in [0.1, 0.15) is 12.8 Å². The lowest BCUT2D eigenvalue weighted by atomic mass is 10.2. The van der Waals surface area contributed by atoms with Gasteiger partial charge in [-0.1, -0.05) is 0 Å². The summed E-state index contributed by atoms with van der Waals surface area (Å²) in [6.07, 6.45) is 1.72. The molecule has 0 spiro atoms. The lowest BCUT2D eigenvalue weighted by Crippen LogP contribution is -2.31. The van der Waals surface area contributed by atoms with Gasteiger partial charge in [0.2, 0.25) is 10.0 Å². The normalized spacial score (nSPS) is 14.0. The summed E-state index contributed by atoms with van der Waals surface area (Å²) in [5.41, 5.74) is 5.19. The second-order valence-electron chi connectivity index (χ2n) is 2.75. The van der Waals surface area contributed by atoms with Crippen LogP contribution in [0.25, 0.3) is 0 Å². The maximum atomic E-state index is 10.6. The fourth-order valence-corrected chi connectivity index (χ4v) is 1.22. The number of carbonyl (C=O) groups is 1. The van der Waals surface area contributed by atoms with E-state index in [9.17, 15) is 13.2 Å². The highest BCUT2D eigenvalue weighted by molar-refractivity contribution is 7.88. The van der Waals surface area contributed by atoms with Crippen molar-refractivity contribution in [1.82, 2.24) is 4.72 Å². The van der Waals surface area contributed by atoms with E-state index in [-0.39, 0.29) is 13.0 Å². The number of carboxylic acids is 1. The minimum absolute atomic E-state index is 0.222. The van der Waals surface area contributed by atoms with Crippen LogP contribution in [0.3, 0.4) is 0 Å². The van der Waals surface area contributed by atoms with Gasteiger partial charge in [-0.15, -0.1) is 0 Å². The molecule has 0 bridgehead atoms.